The number of piperidine rings is 1. The van der Waals surface area contributed by atoms with Crippen LogP contribution in [0.4, 0.5) is 13.2 Å². The van der Waals surface area contributed by atoms with Gasteiger partial charge in [-0.1, -0.05) is 12.1 Å². The van der Waals surface area contributed by atoms with E-state index in [1.54, 1.807) is 7.11 Å². The topological polar surface area (TPSA) is 62.7 Å². The molecule has 0 aliphatic carbocycles. The largest absolute Gasteiger partial charge is 0.497 e. The number of hydrogen-bond donors (Lipinski definition) is 1. The van der Waals surface area contributed by atoms with E-state index in [0.29, 0.717) is 13.0 Å². The predicted molar refractivity (Wildman–Crippen MR) is 137 cm³/mol. The van der Waals surface area contributed by atoms with E-state index >= 15 is 0 Å². The van der Waals surface area contributed by atoms with Crippen molar-refractivity contribution in [2.24, 2.45) is 11.8 Å². The van der Waals surface area contributed by atoms with E-state index < -0.39 is 23.6 Å². The molecule has 1 aliphatic rings. The third-order valence-electron chi connectivity index (χ3n) is 7.44. The van der Waals surface area contributed by atoms with Crippen LogP contribution in [-0.2, 0) is 23.8 Å². The lowest BCUT2D eigenvalue weighted by Crippen LogP contribution is -2.44. The van der Waals surface area contributed by atoms with Crippen LogP contribution in [0, 0.1) is 11.8 Å². The molecule has 5 nitrogen and oxygen atoms in total. The summed E-state index contributed by atoms with van der Waals surface area (Å²) in [5.74, 6) is -0.240. The average molecular weight is 515 g/mol. The Morgan fingerprint density at radius 1 is 1.11 bits per heavy atom. The van der Waals surface area contributed by atoms with Gasteiger partial charge in [0.2, 0.25) is 0 Å². The molecule has 2 heterocycles. The lowest BCUT2D eigenvalue weighted by atomic mass is 9.81. The minimum atomic E-state index is -4.33. The van der Waals surface area contributed by atoms with Gasteiger partial charge in [0.1, 0.15) is 5.75 Å². The molecule has 0 radical (unpaired) electrons. The third kappa shape index (κ3) is 7.01. The molecular formula is C29H33F3N2O3. The zero-order valence-corrected chi connectivity index (χ0v) is 21.0. The van der Waals surface area contributed by atoms with Gasteiger partial charge < -0.3 is 14.7 Å². The van der Waals surface area contributed by atoms with Crippen molar-refractivity contribution in [3.8, 4) is 5.75 Å². The van der Waals surface area contributed by atoms with E-state index in [1.807, 2.05) is 30.5 Å². The first kappa shape index (κ1) is 26.9. The molecule has 0 bridgehead atoms. The summed E-state index contributed by atoms with van der Waals surface area (Å²) >= 11 is 0. The zero-order valence-electron chi connectivity index (χ0n) is 21.0. The maximum Gasteiger partial charge on any atom is 0.416 e. The summed E-state index contributed by atoms with van der Waals surface area (Å²) in [7, 11) is 1.64. The number of pyridine rings is 1. The van der Waals surface area contributed by atoms with Crippen molar-refractivity contribution < 1.29 is 27.8 Å². The van der Waals surface area contributed by atoms with Crippen molar-refractivity contribution in [1.29, 1.82) is 0 Å². The standard InChI is InChI=1S/C29H33F3N2O3/c1-37-24-11-12-27-25(18-24)21(13-15-33-27)5-2-6-22-14-17-34(19-26(22)28(35)36)16-3-4-20-7-9-23(10-8-20)29(30,31)32/h7-13,15,18,22,26H,2-6,14,16-17,19H2,1H3,(H,35,36)/t22-,26+/m1/s1. The number of ether oxygens (including phenoxy) is 1. The number of methoxy groups -OCH3 is 1. The molecule has 2 aromatic carbocycles. The average Bonchev–Trinajstić information content (AvgIpc) is 2.89. The van der Waals surface area contributed by atoms with Gasteiger partial charge in [-0.3, -0.25) is 9.78 Å². The lowest BCUT2D eigenvalue weighted by Gasteiger charge is -2.36. The molecule has 1 fully saturated rings. The van der Waals surface area contributed by atoms with Gasteiger partial charge in [-0.15, -0.1) is 0 Å². The van der Waals surface area contributed by atoms with Crippen LogP contribution >= 0.6 is 0 Å². The van der Waals surface area contributed by atoms with E-state index in [4.69, 9.17) is 4.74 Å². The highest BCUT2D eigenvalue weighted by Crippen LogP contribution is 2.31. The molecule has 2 atom stereocenters. The third-order valence-corrected chi connectivity index (χ3v) is 7.44. The molecule has 0 saturated carbocycles. The number of benzene rings is 2. The fourth-order valence-corrected chi connectivity index (χ4v) is 5.35. The van der Waals surface area contributed by atoms with Crippen LogP contribution in [0.3, 0.4) is 0 Å². The second-order valence-electron chi connectivity index (χ2n) is 9.84. The number of hydrogen-bond acceptors (Lipinski definition) is 4. The maximum atomic E-state index is 12.7. The minimum absolute atomic E-state index is 0.131. The second-order valence-corrected chi connectivity index (χ2v) is 9.84. The van der Waals surface area contributed by atoms with Gasteiger partial charge in [0.15, 0.2) is 0 Å². The molecule has 0 spiro atoms. The molecule has 1 saturated heterocycles. The lowest BCUT2D eigenvalue weighted by molar-refractivity contribution is -0.146. The van der Waals surface area contributed by atoms with Gasteiger partial charge in [-0.25, -0.2) is 0 Å². The van der Waals surface area contributed by atoms with Crippen molar-refractivity contribution in [3.63, 3.8) is 0 Å². The van der Waals surface area contributed by atoms with Crippen LogP contribution in [0.5, 0.6) is 5.75 Å². The fraction of sp³-hybridized carbons (Fsp3) is 0.448. The van der Waals surface area contributed by atoms with Gasteiger partial charge in [-0.2, -0.15) is 13.2 Å². The monoisotopic (exact) mass is 514 g/mol. The summed E-state index contributed by atoms with van der Waals surface area (Å²) in [4.78, 5) is 18.7. The van der Waals surface area contributed by atoms with Crippen LogP contribution in [0.2, 0.25) is 0 Å². The number of nitrogens with zero attached hydrogens (tertiary/aromatic N) is 2. The molecule has 0 unspecified atom stereocenters. The van der Waals surface area contributed by atoms with E-state index in [2.05, 4.69) is 9.88 Å². The number of aliphatic carboxylic acids is 1. The number of carbonyl (C=O) groups is 1. The predicted octanol–water partition coefficient (Wildman–Crippen LogP) is 6.24. The van der Waals surface area contributed by atoms with Gasteiger partial charge in [0.05, 0.1) is 24.1 Å². The van der Waals surface area contributed by atoms with Crippen molar-refractivity contribution >= 4 is 16.9 Å². The Hall–Kier alpha value is -3.13. The first-order valence-corrected chi connectivity index (χ1v) is 12.8. The number of aryl methyl sites for hydroxylation is 2. The number of fused-ring (bicyclic) bond motifs is 1. The van der Waals surface area contributed by atoms with Crippen LogP contribution in [0.1, 0.15) is 42.4 Å². The van der Waals surface area contributed by atoms with Crippen molar-refractivity contribution in [2.45, 2.75) is 44.7 Å². The zero-order chi connectivity index (χ0) is 26.4. The van der Waals surface area contributed by atoms with Gasteiger partial charge in [0.25, 0.3) is 0 Å². The summed E-state index contributed by atoms with van der Waals surface area (Å²) in [6.07, 6.45) is 2.38. The molecule has 4 rings (SSSR count). The number of halogens is 3. The molecule has 198 valence electrons. The van der Waals surface area contributed by atoms with E-state index in [0.717, 1.165) is 79.5 Å². The highest BCUT2D eigenvalue weighted by Gasteiger charge is 2.34. The summed E-state index contributed by atoms with van der Waals surface area (Å²) in [6, 6.07) is 13.2. The Bertz CT molecular complexity index is 1200. The molecule has 1 N–H and O–H groups in total. The van der Waals surface area contributed by atoms with Gasteiger partial charge >= 0.3 is 12.1 Å². The van der Waals surface area contributed by atoms with Gasteiger partial charge in [-0.05, 0) is 105 Å². The van der Waals surface area contributed by atoms with Crippen molar-refractivity contribution in [1.82, 2.24) is 9.88 Å². The number of carboxylic acids is 1. The van der Waals surface area contributed by atoms with Crippen LogP contribution in [0.25, 0.3) is 10.9 Å². The van der Waals surface area contributed by atoms with E-state index in [-0.39, 0.29) is 5.92 Å². The fourth-order valence-electron chi connectivity index (χ4n) is 5.35. The minimum Gasteiger partial charge on any atom is -0.497 e. The SMILES string of the molecule is COc1ccc2nccc(CCC[C@@H]3CCN(CCCc4ccc(C(F)(F)F)cc4)C[C@@H]3C(=O)O)c2c1. The molecule has 1 aliphatic heterocycles. The van der Waals surface area contributed by atoms with Crippen molar-refractivity contribution in [3.05, 3.63) is 71.4 Å². The maximum absolute atomic E-state index is 12.7. The summed E-state index contributed by atoms with van der Waals surface area (Å²) < 4.78 is 43.6. The smallest absolute Gasteiger partial charge is 0.416 e. The Morgan fingerprint density at radius 2 is 1.89 bits per heavy atom. The van der Waals surface area contributed by atoms with E-state index in [9.17, 15) is 23.1 Å². The molecule has 3 aromatic rings. The molecule has 0 amide bonds. The van der Waals surface area contributed by atoms with Gasteiger partial charge in [0, 0.05) is 18.1 Å². The summed E-state index contributed by atoms with van der Waals surface area (Å²) in [5, 5.41) is 11.0. The highest BCUT2D eigenvalue weighted by molar-refractivity contribution is 5.83. The first-order chi connectivity index (χ1) is 17.7. The Kier molecular flexibility index (Phi) is 8.69. The highest BCUT2D eigenvalue weighted by atomic mass is 19.4. The first-order valence-electron chi connectivity index (χ1n) is 12.8. The van der Waals surface area contributed by atoms with Crippen LogP contribution < -0.4 is 4.74 Å². The number of aromatic nitrogens is 1. The number of rotatable bonds is 10. The summed E-state index contributed by atoms with van der Waals surface area (Å²) in [6.45, 7) is 2.10. The molecular weight excluding hydrogens is 481 g/mol. The number of alkyl halides is 3. The van der Waals surface area contributed by atoms with Crippen LogP contribution in [0.15, 0.2) is 54.7 Å². The Balaban J connectivity index is 1.27. The van der Waals surface area contributed by atoms with E-state index in [1.165, 1.54) is 17.7 Å². The quantitative estimate of drug-likeness (QED) is 0.347. The number of likely N-dealkylation sites (tertiary alicyclic amines) is 1. The Morgan fingerprint density at radius 3 is 2.59 bits per heavy atom. The van der Waals surface area contributed by atoms with Crippen molar-refractivity contribution in [2.75, 3.05) is 26.7 Å². The molecule has 1 aromatic heterocycles. The van der Waals surface area contributed by atoms with Crippen LogP contribution in [-0.4, -0.2) is 47.7 Å². The Labute approximate surface area is 215 Å². The number of carboxylic acid groups (broad SMARTS) is 1. The normalized spacial score (nSPS) is 18.7. The second kappa shape index (κ2) is 11.9. The molecule has 37 heavy (non-hydrogen) atoms. The molecule has 8 heteroatoms. The summed E-state index contributed by atoms with van der Waals surface area (Å²) in [5.41, 5.74) is 2.33.